The molecule has 0 aromatic heterocycles. The van der Waals surface area contributed by atoms with Crippen LogP contribution in [-0.4, -0.2) is 49.4 Å². The number of hydrogen-bond acceptors (Lipinski definition) is 3. The number of rotatable bonds is 9. The monoisotopic (exact) mass is 269 g/mol. The maximum Gasteiger partial charge on any atom is 0.223 e. The fraction of sp³-hybridized carbons (Fsp3) is 0.857. The van der Waals surface area contributed by atoms with E-state index in [0.29, 0.717) is 18.8 Å². The summed E-state index contributed by atoms with van der Waals surface area (Å²) in [5, 5.41) is 6.06. The van der Waals surface area contributed by atoms with Gasteiger partial charge in [0.15, 0.2) is 0 Å². The van der Waals surface area contributed by atoms with Crippen LogP contribution in [0.25, 0.3) is 0 Å². The molecule has 0 atom stereocenters. The lowest BCUT2D eigenvalue weighted by atomic mass is 10.0. The lowest BCUT2D eigenvalue weighted by molar-refractivity contribution is -0.133. The van der Waals surface area contributed by atoms with Gasteiger partial charge in [-0.15, -0.1) is 0 Å². The van der Waals surface area contributed by atoms with Gasteiger partial charge in [-0.3, -0.25) is 9.59 Å². The van der Waals surface area contributed by atoms with Gasteiger partial charge in [-0.25, -0.2) is 0 Å². The molecule has 0 bridgehead atoms. The second kappa shape index (κ2) is 8.91. The average Bonchev–Trinajstić information content (AvgIpc) is 2.34. The standard InChI is InChI=1S/C14H27N3O2/c1-3-7-17(8-4-2)14(19)6-5-13(18)16-11-12-9-15-10-12/h12,15H,3-11H2,1-2H3,(H,16,18). The number of nitrogens with one attached hydrogen (secondary N) is 2. The molecule has 0 saturated carbocycles. The summed E-state index contributed by atoms with van der Waals surface area (Å²) in [6, 6.07) is 0. The molecule has 0 aliphatic carbocycles. The van der Waals surface area contributed by atoms with Gasteiger partial charge < -0.3 is 15.5 Å². The molecule has 0 radical (unpaired) electrons. The van der Waals surface area contributed by atoms with E-state index in [0.717, 1.165) is 45.6 Å². The van der Waals surface area contributed by atoms with Gasteiger partial charge >= 0.3 is 0 Å². The second-order valence-electron chi connectivity index (χ2n) is 5.21. The van der Waals surface area contributed by atoms with Crippen molar-refractivity contribution < 1.29 is 9.59 Å². The molecule has 1 heterocycles. The third kappa shape index (κ3) is 6.05. The fourth-order valence-electron chi connectivity index (χ4n) is 2.12. The quantitative estimate of drug-likeness (QED) is 0.649. The highest BCUT2D eigenvalue weighted by atomic mass is 16.2. The minimum atomic E-state index is -0.00630. The molecule has 0 spiro atoms. The Labute approximate surface area is 116 Å². The van der Waals surface area contributed by atoms with Crippen LogP contribution in [0, 0.1) is 5.92 Å². The summed E-state index contributed by atoms with van der Waals surface area (Å²) in [6.45, 7) is 8.42. The Bertz CT molecular complexity index is 284. The Morgan fingerprint density at radius 3 is 2.26 bits per heavy atom. The Morgan fingerprint density at radius 1 is 1.16 bits per heavy atom. The van der Waals surface area contributed by atoms with Crippen LogP contribution < -0.4 is 10.6 Å². The minimum absolute atomic E-state index is 0.00630. The zero-order valence-corrected chi connectivity index (χ0v) is 12.2. The van der Waals surface area contributed by atoms with Crippen molar-refractivity contribution in [1.82, 2.24) is 15.5 Å². The number of amides is 2. The van der Waals surface area contributed by atoms with Crippen LogP contribution in [0.4, 0.5) is 0 Å². The van der Waals surface area contributed by atoms with Gasteiger partial charge in [0.1, 0.15) is 0 Å². The molecule has 5 heteroatoms. The molecule has 110 valence electrons. The number of hydrogen-bond donors (Lipinski definition) is 2. The van der Waals surface area contributed by atoms with E-state index in [1.807, 2.05) is 4.90 Å². The first-order chi connectivity index (χ1) is 9.17. The summed E-state index contributed by atoms with van der Waals surface area (Å²) in [5.74, 6) is 0.661. The molecule has 19 heavy (non-hydrogen) atoms. The SMILES string of the molecule is CCCN(CCC)C(=O)CCC(=O)NCC1CNC1. The van der Waals surface area contributed by atoms with Crippen molar-refractivity contribution in [3.8, 4) is 0 Å². The van der Waals surface area contributed by atoms with E-state index in [-0.39, 0.29) is 11.8 Å². The lowest BCUT2D eigenvalue weighted by Gasteiger charge is -2.27. The topological polar surface area (TPSA) is 61.4 Å². The summed E-state index contributed by atoms with van der Waals surface area (Å²) < 4.78 is 0. The smallest absolute Gasteiger partial charge is 0.223 e. The summed E-state index contributed by atoms with van der Waals surface area (Å²) in [6.07, 6.45) is 2.57. The highest BCUT2D eigenvalue weighted by Gasteiger charge is 2.18. The minimum Gasteiger partial charge on any atom is -0.356 e. The Kier molecular flexibility index (Phi) is 7.48. The highest BCUT2D eigenvalue weighted by Crippen LogP contribution is 2.03. The van der Waals surface area contributed by atoms with E-state index in [1.165, 1.54) is 0 Å². The first kappa shape index (κ1) is 16.0. The van der Waals surface area contributed by atoms with Crippen LogP contribution >= 0.6 is 0 Å². The molecular weight excluding hydrogens is 242 g/mol. The predicted molar refractivity (Wildman–Crippen MR) is 75.8 cm³/mol. The lowest BCUT2D eigenvalue weighted by Crippen LogP contribution is -2.48. The number of carbonyl (C=O) groups is 2. The molecule has 1 fully saturated rings. The largest absolute Gasteiger partial charge is 0.356 e. The Hall–Kier alpha value is -1.10. The maximum atomic E-state index is 12.0. The van der Waals surface area contributed by atoms with Gasteiger partial charge in [0.2, 0.25) is 11.8 Å². The first-order valence-electron chi connectivity index (χ1n) is 7.42. The van der Waals surface area contributed by atoms with Crippen molar-refractivity contribution in [3.05, 3.63) is 0 Å². The molecule has 1 saturated heterocycles. The number of carbonyl (C=O) groups excluding carboxylic acids is 2. The van der Waals surface area contributed by atoms with Crippen molar-refractivity contribution >= 4 is 11.8 Å². The Balaban J connectivity index is 2.17. The van der Waals surface area contributed by atoms with E-state index < -0.39 is 0 Å². The molecule has 0 aromatic carbocycles. The summed E-state index contributed by atoms with van der Waals surface area (Å²) in [5.41, 5.74) is 0. The van der Waals surface area contributed by atoms with E-state index in [9.17, 15) is 9.59 Å². The van der Waals surface area contributed by atoms with Gasteiger partial charge in [-0.2, -0.15) is 0 Å². The summed E-state index contributed by atoms with van der Waals surface area (Å²) >= 11 is 0. The third-order valence-electron chi connectivity index (χ3n) is 3.36. The normalized spacial score (nSPS) is 14.8. The Morgan fingerprint density at radius 2 is 1.79 bits per heavy atom. The summed E-state index contributed by atoms with van der Waals surface area (Å²) in [7, 11) is 0. The molecule has 0 unspecified atom stereocenters. The van der Waals surface area contributed by atoms with E-state index in [4.69, 9.17) is 0 Å². The van der Waals surface area contributed by atoms with Crippen LogP contribution in [0.1, 0.15) is 39.5 Å². The van der Waals surface area contributed by atoms with Crippen LogP contribution in [-0.2, 0) is 9.59 Å². The fourth-order valence-corrected chi connectivity index (χ4v) is 2.12. The van der Waals surface area contributed by atoms with Crippen LogP contribution in [0.5, 0.6) is 0 Å². The predicted octanol–water partition coefficient (Wildman–Crippen LogP) is 0.751. The second-order valence-corrected chi connectivity index (χ2v) is 5.21. The molecule has 0 aromatic rings. The van der Waals surface area contributed by atoms with Crippen LogP contribution in [0.3, 0.4) is 0 Å². The molecule has 5 nitrogen and oxygen atoms in total. The van der Waals surface area contributed by atoms with Crippen molar-refractivity contribution in [2.45, 2.75) is 39.5 Å². The van der Waals surface area contributed by atoms with Gasteiger partial charge in [0.05, 0.1) is 0 Å². The molecular formula is C14H27N3O2. The van der Waals surface area contributed by atoms with Gasteiger partial charge in [-0.1, -0.05) is 13.8 Å². The van der Waals surface area contributed by atoms with Crippen molar-refractivity contribution in [1.29, 1.82) is 0 Å². The van der Waals surface area contributed by atoms with Crippen LogP contribution in [0.2, 0.25) is 0 Å². The van der Waals surface area contributed by atoms with Crippen molar-refractivity contribution in [2.75, 3.05) is 32.7 Å². The molecule has 1 rings (SSSR count). The number of nitrogens with zero attached hydrogens (tertiary/aromatic N) is 1. The molecule has 1 aliphatic heterocycles. The van der Waals surface area contributed by atoms with Crippen molar-refractivity contribution in [2.24, 2.45) is 5.92 Å². The van der Waals surface area contributed by atoms with Gasteiger partial charge in [0.25, 0.3) is 0 Å². The highest BCUT2D eigenvalue weighted by molar-refractivity contribution is 5.83. The van der Waals surface area contributed by atoms with Crippen molar-refractivity contribution in [3.63, 3.8) is 0 Å². The van der Waals surface area contributed by atoms with Gasteiger partial charge in [0, 0.05) is 51.5 Å². The van der Waals surface area contributed by atoms with E-state index >= 15 is 0 Å². The zero-order valence-electron chi connectivity index (χ0n) is 12.2. The molecule has 2 N–H and O–H groups in total. The maximum absolute atomic E-state index is 12.0. The van der Waals surface area contributed by atoms with Crippen LogP contribution in [0.15, 0.2) is 0 Å². The average molecular weight is 269 g/mol. The van der Waals surface area contributed by atoms with Gasteiger partial charge in [-0.05, 0) is 12.8 Å². The molecule has 2 amide bonds. The third-order valence-corrected chi connectivity index (χ3v) is 3.36. The zero-order chi connectivity index (χ0) is 14.1. The summed E-state index contributed by atoms with van der Waals surface area (Å²) in [4.78, 5) is 25.5. The van der Waals surface area contributed by atoms with E-state index in [2.05, 4.69) is 24.5 Å². The molecule has 1 aliphatic rings. The van der Waals surface area contributed by atoms with E-state index in [1.54, 1.807) is 0 Å². The first-order valence-corrected chi connectivity index (χ1v) is 7.42.